The van der Waals surface area contributed by atoms with E-state index in [1.165, 1.54) is 4.68 Å². The number of amides is 1. The molecule has 11 heteroatoms. The molecule has 3 rings (SSSR count). The van der Waals surface area contributed by atoms with E-state index in [2.05, 4.69) is 20.6 Å². The first-order chi connectivity index (χ1) is 12.3. The van der Waals surface area contributed by atoms with Crippen molar-refractivity contribution in [1.29, 1.82) is 0 Å². The van der Waals surface area contributed by atoms with Gasteiger partial charge in [0.25, 0.3) is 5.95 Å². The first kappa shape index (κ1) is 17.9. The van der Waals surface area contributed by atoms with Gasteiger partial charge in [-0.2, -0.15) is 5.10 Å². The van der Waals surface area contributed by atoms with Crippen LogP contribution in [0.2, 0.25) is 0 Å². The molecule has 0 aliphatic rings. The van der Waals surface area contributed by atoms with Gasteiger partial charge in [-0.05, 0) is 32.0 Å². The van der Waals surface area contributed by atoms with Crippen LogP contribution < -0.4 is 11.2 Å². The fourth-order valence-electron chi connectivity index (χ4n) is 2.25. The number of hydrogen-bond donors (Lipinski definition) is 2. The molecule has 0 radical (unpaired) electrons. The monoisotopic (exact) mass is 379 g/mol. The number of nitrogens with one attached hydrogen (secondary N) is 1. The number of nitrogen functional groups attached to an aromatic ring is 1. The van der Waals surface area contributed by atoms with Crippen LogP contribution in [-0.2, 0) is 4.79 Å². The predicted molar refractivity (Wildman–Crippen MR) is 92.5 cm³/mol. The molecule has 0 fully saturated rings. The second-order valence-electron chi connectivity index (χ2n) is 5.45. The highest BCUT2D eigenvalue weighted by molar-refractivity contribution is 7.99. The van der Waals surface area contributed by atoms with Crippen LogP contribution in [0.1, 0.15) is 11.4 Å². The molecule has 0 saturated heterocycles. The van der Waals surface area contributed by atoms with Crippen molar-refractivity contribution in [3.05, 3.63) is 47.3 Å². The summed E-state index contributed by atoms with van der Waals surface area (Å²) in [5.74, 6) is 4.14. The lowest BCUT2D eigenvalue weighted by molar-refractivity contribution is -0.113. The topological polar surface area (TPSA) is 104 Å². The summed E-state index contributed by atoms with van der Waals surface area (Å²) >= 11 is 1.03. The zero-order valence-corrected chi connectivity index (χ0v) is 14.7. The van der Waals surface area contributed by atoms with Crippen LogP contribution in [0.15, 0.2) is 29.4 Å². The minimum atomic E-state index is -0.850. The number of halogens is 2. The number of rotatable bonds is 5. The van der Waals surface area contributed by atoms with E-state index in [-0.39, 0.29) is 11.4 Å². The largest absolute Gasteiger partial charge is 0.334 e. The summed E-state index contributed by atoms with van der Waals surface area (Å²) in [6.45, 7) is 3.70. The molecule has 0 spiro atoms. The van der Waals surface area contributed by atoms with Crippen molar-refractivity contribution in [2.24, 2.45) is 0 Å². The van der Waals surface area contributed by atoms with Crippen molar-refractivity contribution >= 4 is 23.4 Å². The molecule has 0 bridgehead atoms. The van der Waals surface area contributed by atoms with Crippen LogP contribution in [-0.4, -0.2) is 36.3 Å². The minimum absolute atomic E-state index is 0.0801. The Morgan fingerprint density at radius 1 is 1.27 bits per heavy atom. The second-order valence-corrected chi connectivity index (χ2v) is 6.39. The Morgan fingerprint density at radius 3 is 2.69 bits per heavy atom. The van der Waals surface area contributed by atoms with Gasteiger partial charge in [0.15, 0.2) is 0 Å². The molecule has 1 amide bonds. The van der Waals surface area contributed by atoms with Crippen LogP contribution in [0.25, 0.3) is 5.95 Å². The summed E-state index contributed by atoms with van der Waals surface area (Å²) in [5.41, 5.74) is 1.54. The second kappa shape index (κ2) is 7.12. The summed E-state index contributed by atoms with van der Waals surface area (Å²) in [4.78, 5) is 12.0. The SMILES string of the molecule is Cc1cc(C)n(-c2nnc(SCC(=O)Nc3ccc(F)cc3F)n2N)n1. The Balaban J connectivity index is 1.67. The molecule has 8 nitrogen and oxygen atoms in total. The number of thioether (sulfide) groups is 1. The number of hydrogen-bond acceptors (Lipinski definition) is 6. The van der Waals surface area contributed by atoms with E-state index in [1.54, 1.807) is 4.68 Å². The van der Waals surface area contributed by atoms with E-state index in [9.17, 15) is 13.6 Å². The van der Waals surface area contributed by atoms with Crippen LogP contribution >= 0.6 is 11.8 Å². The van der Waals surface area contributed by atoms with Crippen molar-refractivity contribution in [3.63, 3.8) is 0 Å². The maximum absolute atomic E-state index is 13.6. The van der Waals surface area contributed by atoms with Crippen molar-refractivity contribution in [3.8, 4) is 5.95 Å². The molecule has 0 aliphatic heterocycles. The number of carbonyl (C=O) groups excluding carboxylic acids is 1. The average molecular weight is 379 g/mol. The summed E-state index contributed by atoms with van der Waals surface area (Å²) < 4.78 is 29.2. The van der Waals surface area contributed by atoms with Gasteiger partial charge >= 0.3 is 0 Å². The fraction of sp³-hybridized carbons (Fsp3) is 0.200. The van der Waals surface area contributed by atoms with E-state index in [0.717, 1.165) is 35.3 Å². The lowest BCUT2D eigenvalue weighted by Gasteiger charge is -2.07. The Bertz CT molecular complexity index is 969. The van der Waals surface area contributed by atoms with Crippen LogP contribution in [0.5, 0.6) is 0 Å². The molecule has 0 unspecified atom stereocenters. The number of benzene rings is 1. The van der Waals surface area contributed by atoms with Gasteiger partial charge in [-0.3, -0.25) is 4.79 Å². The Labute approximate surface area is 151 Å². The normalized spacial score (nSPS) is 10.9. The maximum Gasteiger partial charge on any atom is 0.271 e. The zero-order valence-electron chi connectivity index (χ0n) is 13.9. The molecular weight excluding hydrogens is 364 g/mol. The molecule has 26 heavy (non-hydrogen) atoms. The summed E-state index contributed by atoms with van der Waals surface area (Å²) in [7, 11) is 0. The van der Waals surface area contributed by atoms with E-state index in [4.69, 9.17) is 5.84 Å². The fourth-order valence-corrected chi connectivity index (χ4v) is 2.90. The molecule has 1 aromatic carbocycles. The Hall–Kier alpha value is -2.95. The van der Waals surface area contributed by atoms with Gasteiger partial charge < -0.3 is 11.2 Å². The third kappa shape index (κ3) is 3.67. The quantitative estimate of drug-likeness (QED) is 0.518. The van der Waals surface area contributed by atoms with Crippen molar-refractivity contribution in [1.82, 2.24) is 24.7 Å². The Morgan fingerprint density at radius 2 is 2.04 bits per heavy atom. The van der Waals surface area contributed by atoms with Crippen molar-refractivity contribution in [2.45, 2.75) is 19.0 Å². The number of nitrogens with zero attached hydrogens (tertiary/aromatic N) is 5. The predicted octanol–water partition coefficient (Wildman–Crippen LogP) is 1.80. The average Bonchev–Trinajstić information content (AvgIpc) is 3.10. The van der Waals surface area contributed by atoms with E-state index in [1.807, 2.05) is 19.9 Å². The Kier molecular flexibility index (Phi) is 4.89. The molecular formula is C15H15F2N7OS. The first-order valence-electron chi connectivity index (χ1n) is 7.47. The van der Waals surface area contributed by atoms with Crippen LogP contribution in [0.4, 0.5) is 14.5 Å². The highest BCUT2D eigenvalue weighted by Crippen LogP contribution is 2.19. The number of aryl methyl sites for hydroxylation is 2. The molecule has 0 atom stereocenters. The van der Waals surface area contributed by atoms with E-state index in [0.29, 0.717) is 17.2 Å². The van der Waals surface area contributed by atoms with Gasteiger partial charge in [0.1, 0.15) is 11.6 Å². The van der Waals surface area contributed by atoms with Gasteiger partial charge in [0.05, 0.1) is 17.1 Å². The van der Waals surface area contributed by atoms with Crippen LogP contribution in [0, 0.1) is 25.5 Å². The van der Waals surface area contributed by atoms with Gasteiger partial charge in [0, 0.05) is 11.8 Å². The van der Waals surface area contributed by atoms with Gasteiger partial charge in [-0.1, -0.05) is 11.8 Å². The lowest BCUT2D eigenvalue weighted by atomic mass is 10.3. The number of nitrogens with two attached hydrogens (primary N) is 1. The third-order valence-corrected chi connectivity index (χ3v) is 4.33. The molecule has 2 heterocycles. The molecule has 0 aliphatic carbocycles. The summed E-state index contributed by atoms with van der Waals surface area (Å²) in [5, 5.41) is 14.8. The molecule has 3 aromatic rings. The van der Waals surface area contributed by atoms with E-state index >= 15 is 0 Å². The highest BCUT2D eigenvalue weighted by Gasteiger charge is 2.16. The third-order valence-electron chi connectivity index (χ3n) is 3.38. The summed E-state index contributed by atoms with van der Waals surface area (Å²) in [6.07, 6.45) is 0. The molecule has 3 N–H and O–H groups in total. The van der Waals surface area contributed by atoms with Gasteiger partial charge in [0.2, 0.25) is 11.1 Å². The summed E-state index contributed by atoms with van der Waals surface area (Å²) in [6, 6.07) is 4.77. The van der Waals surface area contributed by atoms with Crippen LogP contribution in [0.3, 0.4) is 0 Å². The smallest absolute Gasteiger partial charge is 0.271 e. The van der Waals surface area contributed by atoms with E-state index < -0.39 is 17.5 Å². The first-order valence-corrected chi connectivity index (χ1v) is 8.45. The number of aromatic nitrogens is 5. The highest BCUT2D eigenvalue weighted by atomic mass is 32.2. The zero-order chi connectivity index (χ0) is 18.8. The van der Waals surface area contributed by atoms with Gasteiger partial charge in [-0.15, -0.1) is 10.2 Å². The molecule has 136 valence electrons. The van der Waals surface area contributed by atoms with Crippen molar-refractivity contribution in [2.75, 3.05) is 16.9 Å². The number of anilines is 1. The number of carbonyl (C=O) groups is 1. The molecule has 0 saturated carbocycles. The maximum atomic E-state index is 13.6. The van der Waals surface area contributed by atoms with Gasteiger partial charge in [-0.25, -0.2) is 18.1 Å². The molecule has 2 aromatic heterocycles. The minimum Gasteiger partial charge on any atom is -0.334 e. The van der Waals surface area contributed by atoms with Crippen molar-refractivity contribution < 1.29 is 13.6 Å². The standard InChI is InChI=1S/C15H15F2N7OS/c1-8-5-9(2)24(22-8)14-20-21-15(23(14)18)26-7-13(25)19-12-4-3-10(16)6-11(12)17/h3-6H,7,18H2,1-2H3,(H,19,25). The lowest BCUT2D eigenvalue weighted by Crippen LogP contribution is -2.19.